The van der Waals surface area contributed by atoms with Crippen LogP contribution in [0.1, 0.15) is 66.9 Å². The summed E-state index contributed by atoms with van der Waals surface area (Å²) in [5.41, 5.74) is 6.57. The van der Waals surface area contributed by atoms with E-state index in [9.17, 15) is 9.59 Å². The minimum Gasteiger partial charge on any atom is -0.490 e. The fourth-order valence-electron chi connectivity index (χ4n) is 5.28. The van der Waals surface area contributed by atoms with Crippen LogP contribution >= 0.6 is 0 Å². The molecule has 0 amide bonds. The summed E-state index contributed by atoms with van der Waals surface area (Å²) in [6.45, 7) is 4.93. The van der Waals surface area contributed by atoms with Gasteiger partial charge < -0.3 is 9.47 Å². The van der Waals surface area contributed by atoms with Crippen molar-refractivity contribution in [3.8, 4) is 11.5 Å². The second-order valence-electron chi connectivity index (χ2n) is 8.24. The van der Waals surface area contributed by atoms with Crippen molar-refractivity contribution in [2.45, 2.75) is 45.4 Å². The zero-order valence-corrected chi connectivity index (χ0v) is 18.0. The molecule has 4 heteroatoms. The molecular formula is C27H26O4. The molecule has 5 rings (SSSR count). The van der Waals surface area contributed by atoms with Crippen LogP contribution in [-0.4, -0.2) is 24.8 Å². The molecule has 0 heterocycles. The van der Waals surface area contributed by atoms with Crippen molar-refractivity contribution in [3.63, 3.8) is 0 Å². The van der Waals surface area contributed by atoms with Gasteiger partial charge in [-0.15, -0.1) is 0 Å². The SMILES string of the molecule is CCOc1ccc(C2C3=C(CCCC3=O)CC3=C2C(=O)c2ccccc23)cc1OCC. The smallest absolute Gasteiger partial charge is 0.190 e. The molecule has 0 spiro atoms. The number of hydrogen-bond acceptors (Lipinski definition) is 4. The molecule has 0 aromatic heterocycles. The van der Waals surface area contributed by atoms with Gasteiger partial charge >= 0.3 is 0 Å². The number of carbonyl (C=O) groups is 2. The van der Waals surface area contributed by atoms with Crippen molar-refractivity contribution in [2.24, 2.45) is 0 Å². The van der Waals surface area contributed by atoms with E-state index in [-0.39, 0.29) is 17.5 Å². The van der Waals surface area contributed by atoms with Gasteiger partial charge in [-0.3, -0.25) is 9.59 Å². The number of fused-ring (bicyclic) bond motifs is 2. The van der Waals surface area contributed by atoms with Gasteiger partial charge in [-0.2, -0.15) is 0 Å². The molecule has 0 saturated carbocycles. The highest BCUT2D eigenvalue weighted by Crippen LogP contribution is 2.53. The normalized spacial score (nSPS) is 19.9. The molecule has 3 aliphatic rings. The van der Waals surface area contributed by atoms with E-state index in [0.717, 1.165) is 46.3 Å². The molecule has 0 saturated heterocycles. The Balaban J connectivity index is 1.70. The maximum Gasteiger partial charge on any atom is 0.190 e. The average molecular weight is 415 g/mol. The van der Waals surface area contributed by atoms with Crippen LogP contribution in [0.15, 0.2) is 59.2 Å². The Hall–Kier alpha value is -3.14. The summed E-state index contributed by atoms with van der Waals surface area (Å²) >= 11 is 0. The summed E-state index contributed by atoms with van der Waals surface area (Å²) < 4.78 is 11.6. The highest BCUT2D eigenvalue weighted by Gasteiger charge is 2.43. The molecule has 4 nitrogen and oxygen atoms in total. The lowest BCUT2D eigenvalue weighted by Gasteiger charge is -2.33. The van der Waals surface area contributed by atoms with Gasteiger partial charge in [-0.05, 0) is 61.9 Å². The molecule has 0 fully saturated rings. The van der Waals surface area contributed by atoms with Crippen LogP contribution in [0, 0.1) is 0 Å². The lowest BCUT2D eigenvalue weighted by atomic mass is 9.69. The predicted molar refractivity (Wildman–Crippen MR) is 120 cm³/mol. The highest BCUT2D eigenvalue weighted by atomic mass is 16.5. The van der Waals surface area contributed by atoms with E-state index in [1.165, 1.54) is 5.57 Å². The molecule has 0 radical (unpaired) electrons. The molecule has 31 heavy (non-hydrogen) atoms. The summed E-state index contributed by atoms with van der Waals surface area (Å²) in [4.78, 5) is 26.6. The van der Waals surface area contributed by atoms with Gasteiger partial charge in [0, 0.05) is 29.0 Å². The van der Waals surface area contributed by atoms with Crippen molar-refractivity contribution in [1.29, 1.82) is 0 Å². The van der Waals surface area contributed by atoms with Gasteiger partial charge in [0.2, 0.25) is 0 Å². The van der Waals surface area contributed by atoms with Crippen LogP contribution in [0.3, 0.4) is 0 Å². The van der Waals surface area contributed by atoms with E-state index < -0.39 is 0 Å². The topological polar surface area (TPSA) is 52.6 Å². The van der Waals surface area contributed by atoms with Gasteiger partial charge in [0.05, 0.1) is 13.2 Å². The minimum atomic E-state index is -0.346. The van der Waals surface area contributed by atoms with Crippen molar-refractivity contribution in [1.82, 2.24) is 0 Å². The Bertz CT molecular complexity index is 1150. The third-order valence-electron chi connectivity index (χ3n) is 6.50. The molecule has 0 bridgehead atoms. The number of carbonyl (C=O) groups excluding carboxylic acids is 2. The van der Waals surface area contributed by atoms with E-state index in [4.69, 9.17) is 9.47 Å². The molecule has 0 N–H and O–H groups in total. The number of ether oxygens (including phenoxy) is 2. The largest absolute Gasteiger partial charge is 0.490 e. The summed E-state index contributed by atoms with van der Waals surface area (Å²) in [5, 5.41) is 0. The van der Waals surface area contributed by atoms with E-state index in [0.29, 0.717) is 37.6 Å². The first-order valence-electron chi connectivity index (χ1n) is 11.2. The fourth-order valence-corrected chi connectivity index (χ4v) is 5.28. The van der Waals surface area contributed by atoms with E-state index in [1.54, 1.807) is 0 Å². The molecule has 1 atom stereocenters. The van der Waals surface area contributed by atoms with Crippen molar-refractivity contribution < 1.29 is 19.1 Å². The third kappa shape index (κ3) is 3.13. The van der Waals surface area contributed by atoms with E-state index in [2.05, 4.69) is 0 Å². The van der Waals surface area contributed by atoms with Gasteiger partial charge in [0.25, 0.3) is 0 Å². The first kappa shape index (κ1) is 19.8. The summed E-state index contributed by atoms with van der Waals surface area (Å²) in [5.74, 6) is 1.22. The first-order valence-corrected chi connectivity index (χ1v) is 11.2. The van der Waals surface area contributed by atoms with Gasteiger partial charge in [0.1, 0.15) is 0 Å². The molecule has 158 valence electrons. The predicted octanol–water partition coefficient (Wildman–Crippen LogP) is 5.67. The first-order chi connectivity index (χ1) is 15.1. The number of ketones is 2. The maximum absolute atomic E-state index is 13.5. The van der Waals surface area contributed by atoms with Crippen molar-refractivity contribution in [3.05, 3.63) is 75.9 Å². The molecule has 2 aromatic rings. The highest BCUT2D eigenvalue weighted by molar-refractivity contribution is 6.23. The zero-order valence-electron chi connectivity index (χ0n) is 18.0. The van der Waals surface area contributed by atoms with E-state index >= 15 is 0 Å². The number of hydrogen-bond donors (Lipinski definition) is 0. The van der Waals surface area contributed by atoms with Crippen molar-refractivity contribution >= 4 is 17.1 Å². The van der Waals surface area contributed by atoms with Crippen LogP contribution in [0.25, 0.3) is 5.57 Å². The Morgan fingerprint density at radius 2 is 1.61 bits per heavy atom. The minimum absolute atomic E-state index is 0.0485. The number of Topliss-reactive ketones (excluding diaryl/α,β-unsaturated/α-hetero) is 2. The van der Waals surface area contributed by atoms with Crippen LogP contribution in [-0.2, 0) is 4.79 Å². The number of allylic oxidation sites excluding steroid dienone is 4. The second-order valence-corrected chi connectivity index (χ2v) is 8.24. The second kappa shape index (κ2) is 7.84. The molecule has 0 aliphatic heterocycles. The lowest BCUT2D eigenvalue weighted by Crippen LogP contribution is -2.25. The van der Waals surface area contributed by atoms with Crippen LogP contribution < -0.4 is 9.47 Å². The maximum atomic E-state index is 13.5. The van der Waals surface area contributed by atoms with Crippen LogP contribution in [0.5, 0.6) is 11.5 Å². The van der Waals surface area contributed by atoms with Crippen molar-refractivity contribution in [2.75, 3.05) is 13.2 Å². The Labute approximate surface area is 182 Å². The number of benzene rings is 2. The quantitative estimate of drug-likeness (QED) is 0.632. The Kier molecular flexibility index (Phi) is 5.01. The summed E-state index contributed by atoms with van der Waals surface area (Å²) in [7, 11) is 0. The standard InChI is InChI=1S/C27H26O4/c1-3-30-22-13-12-17(15-23(22)31-4-2)25-24-16(8-7-11-21(24)28)14-20-18-9-5-6-10-19(18)27(29)26(20)25/h5-6,9-10,12-13,15,25H,3-4,7-8,11,14H2,1-2H3. The molecule has 3 aliphatic carbocycles. The Morgan fingerprint density at radius 3 is 2.39 bits per heavy atom. The monoisotopic (exact) mass is 414 g/mol. The lowest BCUT2D eigenvalue weighted by molar-refractivity contribution is -0.116. The number of rotatable bonds is 5. The van der Waals surface area contributed by atoms with Gasteiger partial charge in [-0.1, -0.05) is 35.9 Å². The molecular weight excluding hydrogens is 388 g/mol. The van der Waals surface area contributed by atoms with Crippen LogP contribution in [0.4, 0.5) is 0 Å². The van der Waals surface area contributed by atoms with E-state index in [1.807, 2.05) is 56.3 Å². The fraction of sp³-hybridized carbons (Fsp3) is 0.333. The average Bonchev–Trinajstić information content (AvgIpc) is 3.06. The summed E-state index contributed by atoms with van der Waals surface area (Å²) in [6.07, 6.45) is 3.05. The Morgan fingerprint density at radius 1 is 0.871 bits per heavy atom. The van der Waals surface area contributed by atoms with Crippen LogP contribution in [0.2, 0.25) is 0 Å². The molecule has 1 unspecified atom stereocenters. The van der Waals surface area contributed by atoms with Gasteiger partial charge in [-0.25, -0.2) is 0 Å². The third-order valence-corrected chi connectivity index (χ3v) is 6.50. The van der Waals surface area contributed by atoms with Gasteiger partial charge in [0.15, 0.2) is 23.1 Å². The summed E-state index contributed by atoms with van der Waals surface area (Å²) in [6, 6.07) is 13.7. The molecule has 2 aromatic carbocycles. The zero-order chi connectivity index (χ0) is 21.5.